The normalized spacial score (nSPS) is 12.0. The molecule has 22 heavy (non-hydrogen) atoms. The van der Waals surface area contributed by atoms with Gasteiger partial charge in [-0.2, -0.15) is 0 Å². The number of hydrogen-bond acceptors (Lipinski definition) is 4. The third-order valence-corrected chi connectivity index (χ3v) is 3.69. The second-order valence-electron chi connectivity index (χ2n) is 5.19. The molecule has 0 saturated carbocycles. The van der Waals surface area contributed by atoms with Crippen molar-refractivity contribution in [2.24, 2.45) is 5.73 Å². The Labute approximate surface area is 128 Å². The molecule has 0 saturated heterocycles. The number of likely N-dealkylation sites (N-methyl/N-ethyl adjacent to an activating group) is 1. The summed E-state index contributed by atoms with van der Waals surface area (Å²) < 4.78 is 5.18. The lowest BCUT2D eigenvalue weighted by atomic mass is 10.1. The van der Waals surface area contributed by atoms with E-state index in [9.17, 15) is 9.59 Å². The largest absolute Gasteiger partial charge is 0.497 e. The minimum absolute atomic E-state index is 0.271. The molecule has 0 radical (unpaired) electrons. The van der Waals surface area contributed by atoms with Gasteiger partial charge in [0.1, 0.15) is 11.8 Å². The van der Waals surface area contributed by atoms with Crippen molar-refractivity contribution >= 4 is 22.7 Å². The average Bonchev–Trinajstić information content (AvgIpc) is 2.50. The zero-order chi connectivity index (χ0) is 16.4. The standard InChI is InChI=1S/C16H19N3O3/c1-9-7-13(16(21)19(3)10(2)15(17)20)12-6-5-11(22-4)8-14(12)18-9/h5-8,10H,1-4H3,(H2,17,20)/t10-/m1/s1. The Morgan fingerprint density at radius 3 is 2.59 bits per heavy atom. The van der Waals surface area contributed by atoms with Crippen LogP contribution in [0, 0.1) is 6.92 Å². The topological polar surface area (TPSA) is 85.5 Å². The fourth-order valence-corrected chi connectivity index (χ4v) is 2.20. The van der Waals surface area contributed by atoms with E-state index in [0.29, 0.717) is 27.9 Å². The molecule has 2 amide bonds. The first-order valence-corrected chi connectivity index (χ1v) is 6.87. The van der Waals surface area contributed by atoms with Crippen LogP contribution in [0.4, 0.5) is 0 Å². The Kier molecular flexibility index (Phi) is 4.30. The SMILES string of the molecule is COc1ccc2c(C(=O)N(C)[C@H](C)C(N)=O)cc(C)nc2c1. The molecule has 0 aliphatic rings. The maximum absolute atomic E-state index is 12.7. The monoisotopic (exact) mass is 301 g/mol. The number of hydrogen-bond donors (Lipinski definition) is 1. The fourth-order valence-electron chi connectivity index (χ4n) is 2.20. The van der Waals surface area contributed by atoms with Crippen LogP contribution in [0.1, 0.15) is 23.0 Å². The van der Waals surface area contributed by atoms with Gasteiger partial charge in [0.15, 0.2) is 0 Å². The minimum Gasteiger partial charge on any atom is -0.497 e. The van der Waals surface area contributed by atoms with Crippen LogP contribution < -0.4 is 10.5 Å². The highest BCUT2D eigenvalue weighted by atomic mass is 16.5. The summed E-state index contributed by atoms with van der Waals surface area (Å²) in [6, 6.07) is 6.36. The minimum atomic E-state index is -0.686. The molecule has 0 unspecified atom stereocenters. The van der Waals surface area contributed by atoms with E-state index in [1.54, 1.807) is 45.3 Å². The van der Waals surface area contributed by atoms with Crippen molar-refractivity contribution in [2.75, 3.05) is 14.2 Å². The number of ether oxygens (including phenoxy) is 1. The molecule has 1 atom stereocenters. The summed E-state index contributed by atoms with van der Waals surface area (Å²) in [4.78, 5) is 29.7. The number of amides is 2. The maximum Gasteiger partial charge on any atom is 0.255 e. The molecular weight excluding hydrogens is 282 g/mol. The van der Waals surface area contributed by atoms with Crippen molar-refractivity contribution in [1.82, 2.24) is 9.88 Å². The highest BCUT2D eigenvalue weighted by molar-refractivity contribution is 6.07. The summed E-state index contributed by atoms with van der Waals surface area (Å²) in [5, 5.41) is 0.708. The smallest absolute Gasteiger partial charge is 0.255 e. The van der Waals surface area contributed by atoms with Gasteiger partial charge < -0.3 is 15.4 Å². The van der Waals surface area contributed by atoms with Crippen LogP contribution >= 0.6 is 0 Å². The van der Waals surface area contributed by atoms with E-state index in [4.69, 9.17) is 10.5 Å². The molecule has 1 aromatic carbocycles. The summed E-state index contributed by atoms with van der Waals surface area (Å²) in [6.07, 6.45) is 0. The molecule has 116 valence electrons. The summed E-state index contributed by atoms with van der Waals surface area (Å²) in [5.41, 5.74) is 7.14. The first-order chi connectivity index (χ1) is 10.3. The molecule has 1 heterocycles. The third-order valence-electron chi connectivity index (χ3n) is 3.69. The molecule has 0 aliphatic heterocycles. The van der Waals surface area contributed by atoms with E-state index in [1.807, 2.05) is 6.92 Å². The van der Waals surface area contributed by atoms with Gasteiger partial charge in [-0.3, -0.25) is 14.6 Å². The summed E-state index contributed by atoms with van der Waals surface area (Å²) in [6.45, 7) is 3.41. The zero-order valence-electron chi connectivity index (χ0n) is 13.1. The van der Waals surface area contributed by atoms with Crippen LogP contribution in [0.3, 0.4) is 0 Å². The number of aryl methyl sites for hydroxylation is 1. The molecular formula is C16H19N3O3. The van der Waals surface area contributed by atoms with Crippen LogP contribution in [0.25, 0.3) is 10.9 Å². The van der Waals surface area contributed by atoms with Crippen LogP contribution in [-0.4, -0.2) is 41.9 Å². The van der Waals surface area contributed by atoms with Gasteiger partial charge in [-0.15, -0.1) is 0 Å². The number of aromatic nitrogens is 1. The van der Waals surface area contributed by atoms with Gasteiger partial charge >= 0.3 is 0 Å². The number of nitrogens with two attached hydrogens (primary N) is 1. The molecule has 2 aromatic rings. The summed E-state index contributed by atoms with van der Waals surface area (Å²) in [5.74, 6) is -0.151. The molecule has 6 nitrogen and oxygen atoms in total. The van der Waals surface area contributed by atoms with Gasteiger partial charge in [-0.25, -0.2) is 0 Å². The van der Waals surface area contributed by atoms with E-state index >= 15 is 0 Å². The maximum atomic E-state index is 12.7. The number of methoxy groups -OCH3 is 1. The zero-order valence-corrected chi connectivity index (χ0v) is 13.1. The van der Waals surface area contributed by atoms with Gasteiger partial charge in [0.25, 0.3) is 5.91 Å². The van der Waals surface area contributed by atoms with Crippen LogP contribution in [-0.2, 0) is 4.79 Å². The Hall–Kier alpha value is -2.63. The Balaban J connectivity index is 2.55. The van der Waals surface area contributed by atoms with E-state index in [2.05, 4.69) is 4.98 Å². The summed E-state index contributed by atoms with van der Waals surface area (Å²) >= 11 is 0. The van der Waals surface area contributed by atoms with Crippen molar-refractivity contribution in [3.8, 4) is 5.75 Å². The van der Waals surface area contributed by atoms with Crippen LogP contribution in [0.2, 0.25) is 0 Å². The van der Waals surface area contributed by atoms with Gasteiger partial charge in [0, 0.05) is 24.2 Å². The second kappa shape index (κ2) is 6.01. The lowest BCUT2D eigenvalue weighted by Crippen LogP contribution is -2.43. The van der Waals surface area contributed by atoms with Gasteiger partial charge in [0.05, 0.1) is 18.2 Å². The number of carbonyl (C=O) groups is 2. The first-order valence-electron chi connectivity index (χ1n) is 6.87. The Morgan fingerprint density at radius 1 is 1.32 bits per heavy atom. The van der Waals surface area contributed by atoms with Crippen molar-refractivity contribution in [1.29, 1.82) is 0 Å². The predicted molar refractivity (Wildman–Crippen MR) is 83.8 cm³/mol. The molecule has 2 rings (SSSR count). The van der Waals surface area contributed by atoms with E-state index in [1.165, 1.54) is 4.90 Å². The molecule has 0 spiro atoms. The van der Waals surface area contributed by atoms with Crippen LogP contribution in [0.15, 0.2) is 24.3 Å². The number of primary amides is 1. The highest BCUT2D eigenvalue weighted by Crippen LogP contribution is 2.24. The third kappa shape index (κ3) is 2.86. The van der Waals surface area contributed by atoms with Gasteiger partial charge in [0.2, 0.25) is 5.91 Å². The van der Waals surface area contributed by atoms with Crippen molar-refractivity contribution in [2.45, 2.75) is 19.9 Å². The number of carbonyl (C=O) groups excluding carboxylic acids is 2. The Morgan fingerprint density at radius 2 is 2.00 bits per heavy atom. The quantitative estimate of drug-likeness (QED) is 0.927. The molecule has 0 aliphatic carbocycles. The molecule has 6 heteroatoms. The number of nitrogens with zero attached hydrogens (tertiary/aromatic N) is 2. The van der Waals surface area contributed by atoms with Crippen LogP contribution in [0.5, 0.6) is 5.75 Å². The Bertz CT molecular complexity index is 743. The molecule has 0 fully saturated rings. The number of benzene rings is 1. The molecule has 2 N–H and O–H groups in total. The lowest BCUT2D eigenvalue weighted by Gasteiger charge is -2.23. The number of rotatable bonds is 4. The van der Waals surface area contributed by atoms with Crippen molar-refractivity contribution in [3.05, 3.63) is 35.5 Å². The van der Waals surface area contributed by atoms with E-state index in [-0.39, 0.29) is 5.91 Å². The van der Waals surface area contributed by atoms with Gasteiger partial charge in [-0.1, -0.05) is 0 Å². The lowest BCUT2D eigenvalue weighted by molar-refractivity contribution is -0.121. The van der Waals surface area contributed by atoms with Crippen molar-refractivity contribution < 1.29 is 14.3 Å². The highest BCUT2D eigenvalue weighted by Gasteiger charge is 2.23. The second-order valence-corrected chi connectivity index (χ2v) is 5.19. The number of fused-ring (bicyclic) bond motifs is 1. The average molecular weight is 301 g/mol. The van der Waals surface area contributed by atoms with Crippen molar-refractivity contribution in [3.63, 3.8) is 0 Å². The number of pyridine rings is 1. The molecule has 0 bridgehead atoms. The van der Waals surface area contributed by atoms with Gasteiger partial charge in [-0.05, 0) is 32.0 Å². The predicted octanol–water partition coefficient (Wildman–Crippen LogP) is 1.50. The molecule has 1 aromatic heterocycles. The van der Waals surface area contributed by atoms with E-state index < -0.39 is 11.9 Å². The fraction of sp³-hybridized carbons (Fsp3) is 0.312. The van der Waals surface area contributed by atoms with E-state index in [0.717, 1.165) is 0 Å². The first kappa shape index (κ1) is 15.8. The summed E-state index contributed by atoms with van der Waals surface area (Å²) in [7, 11) is 3.13.